The number of alkyl halides is 1. The third-order valence-electron chi connectivity index (χ3n) is 2.25. The average molecular weight is 306 g/mol. The van der Waals surface area contributed by atoms with Gasteiger partial charge in [0, 0.05) is 11.5 Å². The van der Waals surface area contributed by atoms with Crippen molar-refractivity contribution in [3.8, 4) is 5.75 Å². The van der Waals surface area contributed by atoms with Crippen molar-refractivity contribution >= 4 is 34.7 Å². The van der Waals surface area contributed by atoms with Crippen LogP contribution in [-0.4, -0.2) is 16.3 Å². The van der Waals surface area contributed by atoms with Crippen molar-refractivity contribution < 1.29 is 14.5 Å². The van der Waals surface area contributed by atoms with Gasteiger partial charge in [0.1, 0.15) is 5.75 Å². The van der Waals surface area contributed by atoms with Crippen molar-refractivity contribution in [1.29, 1.82) is 0 Å². The number of nitro benzene ring substituents is 1. The summed E-state index contributed by atoms with van der Waals surface area (Å²) in [7, 11) is 0. The summed E-state index contributed by atoms with van der Waals surface area (Å²) in [4.78, 5) is 21.9. The van der Waals surface area contributed by atoms with E-state index in [0.29, 0.717) is 0 Å². The molecule has 5 nitrogen and oxygen atoms in total. The fraction of sp³-hybridized carbons (Fsp3) is 0.417. The van der Waals surface area contributed by atoms with E-state index in [4.69, 9.17) is 27.9 Å². The zero-order valence-corrected chi connectivity index (χ0v) is 12.2. The van der Waals surface area contributed by atoms with Crippen LogP contribution in [0.4, 0.5) is 5.69 Å². The SMILES string of the molecule is CC(C)(C)C(=O)C(Cl)Oc1cc(Cl)cc([N+](=O)[O-])c1. The first-order chi connectivity index (χ1) is 8.61. The molecule has 0 aliphatic carbocycles. The molecule has 104 valence electrons. The molecule has 7 heteroatoms. The predicted octanol–water partition coefficient (Wildman–Crippen LogP) is 3.81. The molecule has 1 aromatic rings. The lowest BCUT2D eigenvalue weighted by Gasteiger charge is -2.21. The number of hydrogen-bond acceptors (Lipinski definition) is 4. The van der Waals surface area contributed by atoms with Gasteiger partial charge in [-0.15, -0.1) is 0 Å². The van der Waals surface area contributed by atoms with E-state index in [9.17, 15) is 14.9 Å². The summed E-state index contributed by atoms with van der Waals surface area (Å²) >= 11 is 11.6. The molecule has 1 aromatic carbocycles. The minimum atomic E-state index is -1.22. The standard InChI is InChI=1S/C12H13Cl2NO4/c1-12(2,3)10(16)11(14)19-9-5-7(13)4-8(6-9)15(17)18/h4-6,11H,1-3H3. The maximum atomic E-state index is 11.8. The van der Waals surface area contributed by atoms with Crippen LogP contribution in [0.2, 0.25) is 5.02 Å². The predicted molar refractivity (Wildman–Crippen MR) is 72.8 cm³/mol. The van der Waals surface area contributed by atoms with Crippen LogP contribution >= 0.6 is 23.2 Å². The summed E-state index contributed by atoms with van der Waals surface area (Å²) < 4.78 is 5.20. The van der Waals surface area contributed by atoms with Gasteiger partial charge in [0.05, 0.1) is 16.0 Å². The number of rotatable bonds is 4. The number of ether oxygens (including phenoxy) is 1. The zero-order valence-electron chi connectivity index (χ0n) is 10.6. The number of ketones is 1. The molecule has 0 fully saturated rings. The van der Waals surface area contributed by atoms with Gasteiger partial charge in [-0.3, -0.25) is 14.9 Å². The molecular weight excluding hydrogens is 293 g/mol. The van der Waals surface area contributed by atoms with Gasteiger partial charge in [-0.05, 0) is 6.07 Å². The first-order valence-corrected chi connectivity index (χ1v) is 6.23. The second-order valence-corrected chi connectivity index (χ2v) is 5.78. The highest BCUT2D eigenvalue weighted by atomic mass is 35.5. The molecule has 0 bridgehead atoms. The molecule has 0 spiro atoms. The maximum Gasteiger partial charge on any atom is 0.274 e. The second-order valence-electron chi connectivity index (χ2n) is 4.95. The number of hydrogen-bond donors (Lipinski definition) is 0. The van der Waals surface area contributed by atoms with Gasteiger partial charge >= 0.3 is 0 Å². The molecule has 0 aromatic heterocycles. The maximum absolute atomic E-state index is 11.8. The van der Waals surface area contributed by atoms with Crippen LogP contribution < -0.4 is 4.74 Å². The number of benzene rings is 1. The van der Waals surface area contributed by atoms with E-state index in [2.05, 4.69) is 0 Å². The number of non-ortho nitro benzene ring substituents is 1. The second kappa shape index (κ2) is 5.75. The van der Waals surface area contributed by atoms with E-state index in [1.165, 1.54) is 12.1 Å². The molecule has 0 aliphatic rings. The number of nitrogens with zero attached hydrogens (tertiary/aromatic N) is 1. The van der Waals surface area contributed by atoms with Crippen LogP contribution in [0.15, 0.2) is 18.2 Å². The molecule has 0 aliphatic heterocycles. The van der Waals surface area contributed by atoms with Gasteiger partial charge in [-0.25, -0.2) is 0 Å². The lowest BCUT2D eigenvalue weighted by Crippen LogP contribution is -2.32. The molecule has 1 rings (SSSR count). The topological polar surface area (TPSA) is 69.4 Å². The van der Waals surface area contributed by atoms with Crippen LogP contribution in [-0.2, 0) is 4.79 Å². The number of halogens is 2. The fourth-order valence-corrected chi connectivity index (χ4v) is 1.88. The highest BCUT2D eigenvalue weighted by molar-refractivity contribution is 6.31. The molecule has 19 heavy (non-hydrogen) atoms. The van der Waals surface area contributed by atoms with Gasteiger partial charge in [0.25, 0.3) is 5.69 Å². The average Bonchev–Trinajstić information content (AvgIpc) is 2.25. The van der Waals surface area contributed by atoms with E-state index in [0.717, 1.165) is 6.07 Å². The monoisotopic (exact) mass is 305 g/mol. The molecule has 0 N–H and O–H groups in total. The van der Waals surface area contributed by atoms with Crippen LogP contribution in [0.3, 0.4) is 0 Å². The quantitative estimate of drug-likeness (QED) is 0.482. The van der Waals surface area contributed by atoms with E-state index < -0.39 is 15.9 Å². The molecular formula is C12H13Cl2NO4. The van der Waals surface area contributed by atoms with Gasteiger partial charge in [-0.2, -0.15) is 0 Å². The summed E-state index contributed by atoms with van der Waals surface area (Å²) in [6.45, 7) is 5.11. The Hall–Kier alpha value is -1.33. The molecule has 1 atom stereocenters. The normalized spacial score (nSPS) is 12.9. The molecule has 0 heterocycles. The Morgan fingerprint density at radius 1 is 1.37 bits per heavy atom. The summed E-state index contributed by atoms with van der Waals surface area (Å²) in [5, 5.41) is 10.8. The Labute approximate surface area is 120 Å². The van der Waals surface area contributed by atoms with Gasteiger partial charge in [-0.1, -0.05) is 44.0 Å². The Bertz CT molecular complexity index is 511. The summed E-state index contributed by atoms with van der Waals surface area (Å²) in [5.41, 5.74) is -2.12. The van der Waals surface area contributed by atoms with Crippen molar-refractivity contribution in [2.24, 2.45) is 5.41 Å². The third kappa shape index (κ3) is 4.36. The molecule has 0 saturated carbocycles. The number of carbonyl (C=O) groups is 1. The minimum Gasteiger partial charge on any atom is -0.467 e. The first-order valence-electron chi connectivity index (χ1n) is 5.41. The van der Waals surface area contributed by atoms with E-state index in [-0.39, 0.29) is 22.2 Å². The van der Waals surface area contributed by atoms with Crippen LogP contribution in [0.1, 0.15) is 20.8 Å². The summed E-state index contributed by atoms with van der Waals surface area (Å²) in [5.74, 6) is -0.242. The smallest absolute Gasteiger partial charge is 0.274 e. The number of carbonyl (C=O) groups excluding carboxylic acids is 1. The Balaban J connectivity index is 2.94. The van der Waals surface area contributed by atoms with E-state index in [1.807, 2.05) is 0 Å². The van der Waals surface area contributed by atoms with Crippen molar-refractivity contribution in [1.82, 2.24) is 0 Å². The zero-order chi connectivity index (χ0) is 14.8. The number of nitro groups is 1. The Morgan fingerprint density at radius 3 is 2.42 bits per heavy atom. The largest absolute Gasteiger partial charge is 0.467 e. The molecule has 0 amide bonds. The highest BCUT2D eigenvalue weighted by Crippen LogP contribution is 2.28. The first kappa shape index (κ1) is 15.7. The lowest BCUT2D eigenvalue weighted by atomic mass is 9.91. The molecule has 0 radical (unpaired) electrons. The van der Waals surface area contributed by atoms with Gasteiger partial charge < -0.3 is 4.74 Å². The molecule has 1 unspecified atom stereocenters. The van der Waals surface area contributed by atoms with Crippen molar-refractivity contribution in [3.05, 3.63) is 33.3 Å². The Kier molecular flexibility index (Phi) is 4.76. The third-order valence-corrected chi connectivity index (χ3v) is 2.76. The lowest BCUT2D eigenvalue weighted by molar-refractivity contribution is -0.384. The van der Waals surface area contributed by atoms with Gasteiger partial charge in [0.2, 0.25) is 5.56 Å². The van der Waals surface area contributed by atoms with E-state index >= 15 is 0 Å². The summed E-state index contributed by atoms with van der Waals surface area (Å²) in [6.07, 6.45) is 0. The summed E-state index contributed by atoms with van der Waals surface area (Å²) in [6, 6.07) is 3.71. The van der Waals surface area contributed by atoms with E-state index in [1.54, 1.807) is 20.8 Å². The Morgan fingerprint density at radius 2 is 1.95 bits per heavy atom. The molecule has 0 saturated heterocycles. The fourth-order valence-electron chi connectivity index (χ4n) is 1.23. The van der Waals surface area contributed by atoms with Gasteiger partial charge in [0.15, 0.2) is 5.78 Å². The number of Topliss-reactive ketones (excluding diaryl/α,β-unsaturated/α-hetero) is 1. The van der Waals surface area contributed by atoms with Crippen LogP contribution in [0.25, 0.3) is 0 Å². The van der Waals surface area contributed by atoms with Crippen LogP contribution in [0, 0.1) is 15.5 Å². The van der Waals surface area contributed by atoms with Crippen molar-refractivity contribution in [3.63, 3.8) is 0 Å². The van der Waals surface area contributed by atoms with Crippen molar-refractivity contribution in [2.75, 3.05) is 0 Å². The highest BCUT2D eigenvalue weighted by Gasteiger charge is 2.30. The minimum absolute atomic E-state index is 0.0804. The van der Waals surface area contributed by atoms with Crippen LogP contribution in [0.5, 0.6) is 5.75 Å². The van der Waals surface area contributed by atoms with Crippen molar-refractivity contribution in [2.45, 2.75) is 26.3 Å².